The Morgan fingerprint density at radius 3 is 2.53 bits per heavy atom. The van der Waals surface area contributed by atoms with Crippen molar-refractivity contribution in [3.8, 4) is 12.3 Å². The maximum Gasteiger partial charge on any atom is 0.419 e. The zero-order chi connectivity index (χ0) is 13.1. The van der Waals surface area contributed by atoms with Gasteiger partial charge in [0.25, 0.3) is 0 Å². The quantitative estimate of drug-likeness (QED) is 0.633. The van der Waals surface area contributed by atoms with Crippen LogP contribution in [0.5, 0.6) is 0 Å². The van der Waals surface area contributed by atoms with E-state index in [9.17, 15) is 17.6 Å². The fraction of sp³-hybridized carbons (Fsp3) is 0.333. The molecule has 1 atom stereocenters. The van der Waals surface area contributed by atoms with Crippen molar-refractivity contribution in [1.29, 1.82) is 0 Å². The van der Waals surface area contributed by atoms with Gasteiger partial charge in [-0.15, -0.1) is 6.42 Å². The summed E-state index contributed by atoms with van der Waals surface area (Å²) < 4.78 is 50.2. The van der Waals surface area contributed by atoms with Crippen molar-refractivity contribution in [3.63, 3.8) is 0 Å². The molecule has 0 aromatic heterocycles. The minimum Gasteiger partial charge on any atom is -0.372 e. The first-order valence-corrected chi connectivity index (χ1v) is 4.98. The molecule has 1 N–H and O–H groups in total. The first-order valence-electron chi connectivity index (χ1n) is 4.98. The summed E-state index contributed by atoms with van der Waals surface area (Å²) in [7, 11) is 0. The molecule has 5 heteroatoms. The van der Waals surface area contributed by atoms with Crippen molar-refractivity contribution < 1.29 is 17.6 Å². The largest absolute Gasteiger partial charge is 0.419 e. The molecular formula is C12H11F4N. The summed E-state index contributed by atoms with van der Waals surface area (Å²) in [5.41, 5.74) is -1.14. The second-order valence-corrected chi connectivity index (χ2v) is 3.46. The lowest BCUT2D eigenvalue weighted by atomic mass is 10.1. The summed E-state index contributed by atoms with van der Waals surface area (Å²) in [5, 5.41) is 2.72. The minimum absolute atomic E-state index is 0.156. The summed E-state index contributed by atoms with van der Waals surface area (Å²) in [5.74, 6) is 1.09. The molecule has 0 heterocycles. The van der Waals surface area contributed by atoms with Crippen LogP contribution in [0.15, 0.2) is 18.2 Å². The van der Waals surface area contributed by atoms with Crippen LogP contribution in [0.3, 0.4) is 0 Å². The molecular weight excluding hydrogens is 234 g/mol. The van der Waals surface area contributed by atoms with E-state index in [0.29, 0.717) is 6.42 Å². The zero-order valence-electron chi connectivity index (χ0n) is 9.11. The van der Waals surface area contributed by atoms with Gasteiger partial charge in [-0.25, -0.2) is 4.39 Å². The number of alkyl halides is 3. The lowest BCUT2D eigenvalue weighted by molar-refractivity contribution is -0.139. The maximum atomic E-state index is 13.0. The predicted molar refractivity (Wildman–Crippen MR) is 57.9 cm³/mol. The Morgan fingerprint density at radius 1 is 1.41 bits per heavy atom. The van der Waals surface area contributed by atoms with Crippen LogP contribution in [0.4, 0.5) is 23.2 Å². The molecule has 17 heavy (non-hydrogen) atoms. The van der Waals surface area contributed by atoms with Crippen molar-refractivity contribution >= 4 is 5.69 Å². The van der Waals surface area contributed by atoms with Gasteiger partial charge in [-0.2, -0.15) is 13.2 Å². The molecule has 0 amide bonds. The predicted octanol–water partition coefficient (Wildman–Crippen LogP) is 3.67. The molecule has 0 aliphatic rings. The van der Waals surface area contributed by atoms with Gasteiger partial charge in [0.15, 0.2) is 0 Å². The third kappa shape index (κ3) is 3.38. The third-order valence-electron chi connectivity index (χ3n) is 2.22. The van der Waals surface area contributed by atoms with Gasteiger partial charge in [0, 0.05) is 5.69 Å². The van der Waals surface area contributed by atoms with Crippen LogP contribution >= 0.6 is 0 Å². The summed E-state index contributed by atoms with van der Waals surface area (Å²) in [4.78, 5) is 0. The van der Waals surface area contributed by atoms with E-state index >= 15 is 0 Å². The molecule has 0 aliphatic heterocycles. The molecule has 0 bridgehead atoms. The van der Waals surface area contributed by atoms with Crippen LogP contribution in [0.1, 0.15) is 18.9 Å². The first kappa shape index (κ1) is 13.4. The second kappa shape index (κ2) is 5.09. The number of hydrogen-bond donors (Lipinski definition) is 1. The van der Waals surface area contributed by atoms with E-state index in [1.165, 1.54) is 6.07 Å². The second-order valence-electron chi connectivity index (χ2n) is 3.46. The van der Waals surface area contributed by atoms with E-state index < -0.39 is 17.6 Å². The van der Waals surface area contributed by atoms with Gasteiger partial charge in [0.2, 0.25) is 0 Å². The Hall–Kier alpha value is -1.70. The molecule has 1 nitrogen and oxygen atoms in total. The Kier molecular flexibility index (Phi) is 4.00. The van der Waals surface area contributed by atoms with Crippen molar-refractivity contribution in [3.05, 3.63) is 29.6 Å². The molecule has 0 saturated carbocycles. The molecule has 0 radical (unpaired) electrons. The van der Waals surface area contributed by atoms with Crippen LogP contribution in [-0.4, -0.2) is 6.04 Å². The van der Waals surface area contributed by atoms with E-state index in [0.717, 1.165) is 12.1 Å². The number of halogens is 4. The summed E-state index contributed by atoms with van der Waals surface area (Å²) in [6.45, 7) is 1.80. The Morgan fingerprint density at radius 2 is 2.06 bits per heavy atom. The monoisotopic (exact) mass is 245 g/mol. The fourth-order valence-corrected chi connectivity index (χ4v) is 1.30. The van der Waals surface area contributed by atoms with Gasteiger partial charge in [-0.05, 0) is 24.6 Å². The van der Waals surface area contributed by atoms with Crippen LogP contribution in [-0.2, 0) is 6.18 Å². The SMILES string of the molecule is C#CC(CC)Nc1ccc(F)c(C(F)(F)F)c1. The maximum absolute atomic E-state index is 13.0. The first-order chi connectivity index (χ1) is 7.88. The highest BCUT2D eigenvalue weighted by Gasteiger charge is 2.34. The standard InChI is InChI=1S/C12H11F4N/c1-3-8(4-2)17-9-5-6-11(13)10(7-9)12(14,15)16/h1,5-8,17H,4H2,2H3. The zero-order valence-corrected chi connectivity index (χ0v) is 9.11. The molecule has 1 unspecified atom stereocenters. The average molecular weight is 245 g/mol. The van der Waals surface area contributed by atoms with Crippen LogP contribution in [0.2, 0.25) is 0 Å². The number of hydrogen-bond acceptors (Lipinski definition) is 1. The highest BCUT2D eigenvalue weighted by molar-refractivity contribution is 5.49. The van der Waals surface area contributed by atoms with Crippen molar-refractivity contribution in [1.82, 2.24) is 0 Å². The number of nitrogens with one attached hydrogen (secondary N) is 1. The number of benzene rings is 1. The third-order valence-corrected chi connectivity index (χ3v) is 2.22. The van der Waals surface area contributed by atoms with Gasteiger partial charge < -0.3 is 5.32 Å². The topological polar surface area (TPSA) is 12.0 Å². The summed E-state index contributed by atoms with van der Waals surface area (Å²) >= 11 is 0. The lowest BCUT2D eigenvalue weighted by Crippen LogP contribution is -2.17. The van der Waals surface area contributed by atoms with Crippen LogP contribution in [0.25, 0.3) is 0 Å². The van der Waals surface area contributed by atoms with E-state index in [1.54, 1.807) is 6.92 Å². The van der Waals surface area contributed by atoms with Gasteiger partial charge in [-0.1, -0.05) is 12.8 Å². The summed E-state index contributed by atoms with van der Waals surface area (Å²) in [6, 6.07) is 2.34. The van der Waals surface area contributed by atoms with Crippen LogP contribution < -0.4 is 5.32 Å². The van der Waals surface area contributed by atoms with Gasteiger partial charge >= 0.3 is 6.18 Å². The lowest BCUT2D eigenvalue weighted by Gasteiger charge is -2.14. The Labute approximate surface area is 96.8 Å². The Bertz CT molecular complexity index is 431. The number of anilines is 1. The molecule has 0 fully saturated rings. The molecule has 1 aromatic carbocycles. The highest BCUT2D eigenvalue weighted by Crippen LogP contribution is 2.33. The molecule has 1 aromatic rings. The molecule has 92 valence electrons. The van der Waals surface area contributed by atoms with E-state index in [2.05, 4.69) is 11.2 Å². The van der Waals surface area contributed by atoms with Gasteiger partial charge in [0.1, 0.15) is 5.82 Å². The van der Waals surface area contributed by atoms with Gasteiger partial charge in [0.05, 0.1) is 11.6 Å². The highest BCUT2D eigenvalue weighted by atomic mass is 19.4. The van der Waals surface area contributed by atoms with Gasteiger partial charge in [-0.3, -0.25) is 0 Å². The molecule has 0 aliphatic carbocycles. The van der Waals surface area contributed by atoms with Crippen molar-refractivity contribution in [2.24, 2.45) is 0 Å². The summed E-state index contributed by atoms with van der Waals surface area (Å²) in [6.07, 6.45) is 1.03. The fourth-order valence-electron chi connectivity index (χ4n) is 1.30. The molecule has 0 saturated heterocycles. The molecule has 0 spiro atoms. The van der Waals surface area contributed by atoms with E-state index in [-0.39, 0.29) is 11.7 Å². The van der Waals surface area contributed by atoms with Crippen molar-refractivity contribution in [2.75, 3.05) is 5.32 Å². The minimum atomic E-state index is -4.71. The van der Waals surface area contributed by atoms with E-state index in [4.69, 9.17) is 6.42 Å². The average Bonchev–Trinajstić information content (AvgIpc) is 2.26. The number of rotatable bonds is 3. The van der Waals surface area contributed by atoms with Crippen molar-refractivity contribution in [2.45, 2.75) is 25.6 Å². The Balaban J connectivity index is 3.02. The smallest absolute Gasteiger partial charge is 0.372 e. The van der Waals surface area contributed by atoms with Crippen LogP contribution in [0, 0.1) is 18.2 Å². The van der Waals surface area contributed by atoms with E-state index in [1.807, 2.05) is 0 Å². The molecule has 1 rings (SSSR count). The normalized spacial score (nSPS) is 12.9. The number of terminal acetylenes is 1.